The number of nitrogens with one attached hydrogen (secondary N) is 1. The van der Waals surface area contributed by atoms with Crippen molar-refractivity contribution in [3.8, 4) is 11.3 Å². The minimum Gasteiger partial charge on any atom is -0.455 e. The molecule has 0 aliphatic rings. The third-order valence-corrected chi connectivity index (χ3v) is 6.05. The summed E-state index contributed by atoms with van der Waals surface area (Å²) in [4.78, 5) is 12.3. The summed E-state index contributed by atoms with van der Waals surface area (Å²) in [7, 11) is 0. The highest BCUT2D eigenvalue weighted by Gasteiger charge is 2.11. The van der Waals surface area contributed by atoms with E-state index in [0.717, 1.165) is 20.8 Å². The SMILES string of the molecule is O=C(Cc1ccc(Br)c2ccccc12)N/N=C/c1ccc(-c2cccc(Cl)c2Cl)o1. The molecule has 0 spiro atoms. The van der Waals surface area contributed by atoms with E-state index in [1.54, 1.807) is 24.3 Å². The smallest absolute Gasteiger partial charge is 0.244 e. The molecule has 4 aromatic rings. The largest absolute Gasteiger partial charge is 0.455 e. The lowest BCUT2D eigenvalue weighted by Gasteiger charge is -2.07. The van der Waals surface area contributed by atoms with Crippen molar-refractivity contribution in [2.24, 2.45) is 5.10 Å². The number of nitrogens with zero attached hydrogens (tertiary/aromatic N) is 1. The Morgan fingerprint density at radius 3 is 2.63 bits per heavy atom. The highest BCUT2D eigenvalue weighted by molar-refractivity contribution is 9.10. The Kier molecular flexibility index (Phi) is 6.23. The lowest BCUT2D eigenvalue weighted by atomic mass is 10.0. The van der Waals surface area contributed by atoms with Gasteiger partial charge in [0.2, 0.25) is 5.91 Å². The number of furan rings is 1. The van der Waals surface area contributed by atoms with Crippen molar-refractivity contribution < 1.29 is 9.21 Å². The predicted octanol–water partition coefficient (Wildman–Crippen LogP) is 6.86. The number of fused-ring (bicyclic) bond motifs is 1. The number of carbonyl (C=O) groups is 1. The summed E-state index contributed by atoms with van der Waals surface area (Å²) in [5, 5.41) is 6.96. The normalized spacial score (nSPS) is 11.3. The van der Waals surface area contributed by atoms with Crippen molar-refractivity contribution in [3.05, 3.63) is 92.6 Å². The van der Waals surface area contributed by atoms with Gasteiger partial charge in [0.05, 0.1) is 22.7 Å². The molecule has 4 nitrogen and oxygen atoms in total. The number of halogens is 3. The van der Waals surface area contributed by atoms with Crippen molar-refractivity contribution in [1.29, 1.82) is 0 Å². The van der Waals surface area contributed by atoms with E-state index in [9.17, 15) is 4.79 Å². The van der Waals surface area contributed by atoms with Crippen LogP contribution in [0.1, 0.15) is 11.3 Å². The van der Waals surface area contributed by atoms with Gasteiger partial charge in [-0.05, 0) is 46.7 Å². The monoisotopic (exact) mass is 500 g/mol. The molecule has 0 radical (unpaired) electrons. The van der Waals surface area contributed by atoms with Gasteiger partial charge < -0.3 is 4.42 Å². The maximum atomic E-state index is 12.3. The first-order valence-corrected chi connectivity index (χ1v) is 10.6. The van der Waals surface area contributed by atoms with Crippen molar-refractivity contribution in [1.82, 2.24) is 5.43 Å². The van der Waals surface area contributed by atoms with E-state index in [1.165, 1.54) is 6.21 Å². The Morgan fingerprint density at radius 2 is 1.80 bits per heavy atom. The maximum absolute atomic E-state index is 12.3. The van der Waals surface area contributed by atoms with Gasteiger partial charge in [0.15, 0.2) is 0 Å². The molecule has 0 fully saturated rings. The molecule has 1 aromatic heterocycles. The quantitative estimate of drug-likeness (QED) is 0.240. The van der Waals surface area contributed by atoms with E-state index < -0.39 is 0 Å². The van der Waals surface area contributed by atoms with Crippen LogP contribution in [0.25, 0.3) is 22.1 Å². The van der Waals surface area contributed by atoms with Crippen LogP contribution in [0.4, 0.5) is 0 Å². The molecule has 1 heterocycles. The first-order chi connectivity index (χ1) is 14.5. The average Bonchev–Trinajstić information content (AvgIpc) is 3.21. The Hall–Kier alpha value is -2.60. The van der Waals surface area contributed by atoms with E-state index >= 15 is 0 Å². The highest BCUT2D eigenvalue weighted by atomic mass is 79.9. The molecule has 0 unspecified atom stereocenters. The molecule has 0 saturated carbocycles. The number of carbonyl (C=O) groups excluding carboxylic acids is 1. The van der Waals surface area contributed by atoms with Crippen molar-refractivity contribution in [2.75, 3.05) is 0 Å². The van der Waals surface area contributed by atoms with Crippen molar-refractivity contribution in [3.63, 3.8) is 0 Å². The minimum atomic E-state index is -0.219. The Labute approximate surface area is 191 Å². The Balaban J connectivity index is 1.43. The fourth-order valence-electron chi connectivity index (χ4n) is 3.12. The number of rotatable bonds is 5. The molecule has 0 bridgehead atoms. The molecule has 0 aliphatic heterocycles. The second kappa shape index (κ2) is 9.04. The molecule has 3 aromatic carbocycles. The van der Waals surface area contributed by atoms with Gasteiger partial charge in [-0.15, -0.1) is 0 Å². The van der Waals surface area contributed by atoms with Crippen LogP contribution in [-0.4, -0.2) is 12.1 Å². The van der Waals surface area contributed by atoms with E-state index in [-0.39, 0.29) is 12.3 Å². The number of hydrogen-bond donors (Lipinski definition) is 1. The molecular formula is C23H15BrCl2N2O2. The lowest BCUT2D eigenvalue weighted by Crippen LogP contribution is -2.19. The zero-order valence-corrected chi connectivity index (χ0v) is 18.6. The van der Waals surface area contributed by atoms with Gasteiger partial charge in [0.25, 0.3) is 0 Å². The second-order valence-corrected chi connectivity index (χ2v) is 8.16. The van der Waals surface area contributed by atoms with Crippen LogP contribution in [0.2, 0.25) is 10.0 Å². The van der Waals surface area contributed by atoms with E-state index in [4.69, 9.17) is 27.6 Å². The number of hydrazone groups is 1. The Morgan fingerprint density at radius 1 is 1.00 bits per heavy atom. The van der Waals surface area contributed by atoms with Gasteiger partial charge in [-0.1, -0.05) is 75.5 Å². The summed E-state index contributed by atoms with van der Waals surface area (Å²) in [5.41, 5.74) is 4.16. The summed E-state index contributed by atoms with van der Waals surface area (Å²) >= 11 is 15.8. The van der Waals surface area contributed by atoms with Gasteiger partial charge >= 0.3 is 0 Å². The van der Waals surface area contributed by atoms with Gasteiger partial charge in [-0.2, -0.15) is 5.10 Å². The minimum absolute atomic E-state index is 0.215. The fraction of sp³-hybridized carbons (Fsp3) is 0.0435. The molecule has 7 heteroatoms. The third-order valence-electron chi connectivity index (χ3n) is 4.54. The van der Waals surface area contributed by atoms with Gasteiger partial charge in [0.1, 0.15) is 11.5 Å². The molecule has 0 atom stereocenters. The standard InChI is InChI=1S/C23H15BrCl2N2O2/c24-19-10-8-14(16-4-1-2-5-17(16)19)12-22(29)28-27-13-15-9-11-21(30-15)18-6-3-7-20(25)23(18)26/h1-11,13H,12H2,(H,28,29)/b27-13+. The van der Waals surface area contributed by atoms with E-state index in [2.05, 4.69) is 26.5 Å². The highest BCUT2D eigenvalue weighted by Crippen LogP contribution is 2.34. The molecule has 0 saturated heterocycles. The summed E-state index contributed by atoms with van der Waals surface area (Å²) < 4.78 is 6.72. The summed E-state index contributed by atoms with van der Waals surface area (Å²) in [5.74, 6) is 0.829. The average molecular weight is 502 g/mol. The molecule has 150 valence electrons. The van der Waals surface area contributed by atoms with Gasteiger partial charge in [-0.3, -0.25) is 4.79 Å². The zero-order chi connectivity index (χ0) is 21.1. The number of benzene rings is 3. The third kappa shape index (κ3) is 4.43. The fourth-order valence-corrected chi connectivity index (χ4v) is 3.99. The zero-order valence-electron chi connectivity index (χ0n) is 15.5. The summed E-state index contributed by atoms with van der Waals surface area (Å²) in [6.45, 7) is 0. The van der Waals surface area contributed by atoms with Gasteiger partial charge in [0, 0.05) is 10.0 Å². The molecule has 1 N–H and O–H groups in total. The summed E-state index contributed by atoms with van der Waals surface area (Å²) in [6.07, 6.45) is 1.66. The molecule has 4 rings (SSSR count). The van der Waals surface area contributed by atoms with Crippen LogP contribution < -0.4 is 5.43 Å². The lowest BCUT2D eigenvalue weighted by molar-refractivity contribution is -0.120. The van der Waals surface area contributed by atoms with E-state index in [1.807, 2.05) is 42.5 Å². The molecule has 30 heavy (non-hydrogen) atoms. The predicted molar refractivity (Wildman–Crippen MR) is 125 cm³/mol. The van der Waals surface area contributed by atoms with Crippen LogP contribution in [0.3, 0.4) is 0 Å². The number of amides is 1. The molecule has 1 amide bonds. The summed E-state index contributed by atoms with van der Waals surface area (Å²) in [6, 6.07) is 20.6. The van der Waals surface area contributed by atoms with Crippen molar-refractivity contribution in [2.45, 2.75) is 6.42 Å². The molecule has 0 aliphatic carbocycles. The van der Waals surface area contributed by atoms with E-state index in [0.29, 0.717) is 27.1 Å². The topological polar surface area (TPSA) is 54.6 Å². The van der Waals surface area contributed by atoms with Crippen LogP contribution in [-0.2, 0) is 11.2 Å². The van der Waals surface area contributed by atoms with Crippen LogP contribution in [0, 0.1) is 0 Å². The number of hydrogen-bond acceptors (Lipinski definition) is 3. The van der Waals surface area contributed by atoms with Gasteiger partial charge in [-0.25, -0.2) is 5.43 Å². The second-order valence-electron chi connectivity index (χ2n) is 6.53. The first kappa shape index (κ1) is 20.7. The molecular weight excluding hydrogens is 487 g/mol. The van der Waals surface area contributed by atoms with Crippen LogP contribution >= 0.6 is 39.1 Å². The Bertz CT molecular complexity index is 1270. The maximum Gasteiger partial charge on any atom is 0.244 e. The van der Waals surface area contributed by atoms with Crippen molar-refractivity contribution >= 4 is 62.0 Å². The van der Waals surface area contributed by atoms with Crippen LogP contribution in [0.15, 0.2) is 80.7 Å². The first-order valence-electron chi connectivity index (χ1n) is 9.05. The van der Waals surface area contributed by atoms with Crippen LogP contribution in [0.5, 0.6) is 0 Å².